The van der Waals surface area contributed by atoms with Crippen LogP contribution in [0.3, 0.4) is 0 Å². The molecule has 0 heterocycles. The fourth-order valence-electron chi connectivity index (χ4n) is 6.59. The lowest BCUT2D eigenvalue weighted by molar-refractivity contribution is 0.156. The van der Waals surface area contributed by atoms with Gasteiger partial charge in [-0.05, 0) is 92.2 Å². The molecule has 3 rings (SSSR count). The SMILES string of the molecule is CCCCCCCc1c(C2CCC(C3CCC(CCC)CC3)CC2)cc(OC)c(F)c1F. The van der Waals surface area contributed by atoms with E-state index in [0.29, 0.717) is 17.9 Å². The Morgan fingerprint density at radius 2 is 1.41 bits per heavy atom. The van der Waals surface area contributed by atoms with E-state index in [4.69, 9.17) is 4.74 Å². The van der Waals surface area contributed by atoms with Crippen molar-refractivity contribution in [1.82, 2.24) is 0 Å². The molecule has 0 aliphatic heterocycles. The van der Waals surface area contributed by atoms with E-state index in [-0.39, 0.29) is 5.75 Å². The topological polar surface area (TPSA) is 9.23 Å². The number of halogens is 2. The van der Waals surface area contributed by atoms with Crippen molar-refractivity contribution < 1.29 is 13.5 Å². The molecule has 2 fully saturated rings. The van der Waals surface area contributed by atoms with Gasteiger partial charge in [-0.25, -0.2) is 4.39 Å². The molecule has 1 aromatic carbocycles. The molecule has 0 radical (unpaired) electrons. The van der Waals surface area contributed by atoms with Crippen LogP contribution in [0.25, 0.3) is 0 Å². The van der Waals surface area contributed by atoms with E-state index in [1.807, 2.05) is 6.07 Å². The van der Waals surface area contributed by atoms with Crippen molar-refractivity contribution in [2.75, 3.05) is 7.11 Å². The van der Waals surface area contributed by atoms with E-state index in [0.717, 1.165) is 49.0 Å². The van der Waals surface area contributed by atoms with Crippen LogP contribution in [0.1, 0.15) is 127 Å². The minimum atomic E-state index is -0.808. The highest BCUT2D eigenvalue weighted by Gasteiger charge is 2.33. The van der Waals surface area contributed by atoms with Crippen molar-refractivity contribution in [3.63, 3.8) is 0 Å². The summed E-state index contributed by atoms with van der Waals surface area (Å²) in [5.74, 6) is 1.63. The summed E-state index contributed by atoms with van der Waals surface area (Å²) in [5, 5.41) is 0. The van der Waals surface area contributed by atoms with Gasteiger partial charge in [0.25, 0.3) is 0 Å². The molecule has 2 saturated carbocycles. The number of hydrogen-bond donors (Lipinski definition) is 0. The molecule has 32 heavy (non-hydrogen) atoms. The normalized spacial score (nSPS) is 26.3. The zero-order valence-electron chi connectivity index (χ0n) is 20.9. The van der Waals surface area contributed by atoms with Crippen molar-refractivity contribution in [3.8, 4) is 5.75 Å². The van der Waals surface area contributed by atoms with Gasteiger partial charge in [-0.3, -0.25) is 0 Å². The van der Waals surface area contributed by atoms with Crippen LogP contribution in [0, 0.1) is 29.4 Å². The first-order valence-corrected chi connectivity index (χ1v) is 13.6. The maximum atomic E-state index is 15.1. The van der Waals surface area contributed by atoms with Gasteiger partial charge in [0.15, 0.2) is 11.6 Å². The zero-order chi connectivity index (χ0) is 22.9. The van der Waals surface area contributed by atoms with Crippen molar-refractivity contribution in [3.05, 3.63) is 28.8 Å². The first-order chi connectivity index (χ1) is 15.6. The number of unbranched alkanes of at least 4 members (excludes halogenated alkanes) is 4. The predicted molar refractivity (Wildman–Crippen MR) is 130 cm³/mol. The summed E-state index contributed by atoms with van der Waals surface area (Å²) in [7, 11) is 1.44. The predicted octanol–water partition coefficient (Wildman–Crippen LogP) is 9.37. The lowest BCUT2D eigenvalue weighted by atomic mass is 9.67. The Kier molecular flexibility index (Phi) is 10.3. The molecular weight excluding hydrogens is 402 g/mol. The molecule has 0 N–H and O–H groups in total. The molecule has 0 aromatic heterocycles. The van der Waals surface area contributed by atoms with Crippen LogP contribution in [0.4, 0.5) is 8.78 Å². The molecule has 0 saturated heterocycles. The van der Waals surface area contributed by atoms with E-state index in [1.54, 1.807) is 0 Å². The Labute approximate surface area is 195 Å². The summed E-state index contributed by atoms with van der Waals surface area (Å²) < 4.78 is 34.8. The second-order valence-corrected chi connectivity index (χ2v) is 10.6. The average Bonchev–Trinajstić information content (AvgIpc) is 2.82. The smallest absolute Gasteiger partial charge is 0.200 e. The van der Waals surface area contributed by atoms with Crippen LogP contribution in [0.2, 0.25) is 0 Å². The van der Waals surface area contributed by atoms with Crippen LogP contribution in [0.15, 0.2) is 6.07 Å². The average molecular weight is 449 g/mol. The van der Waals surface area contributed by atoms with Crippen LogP contribution in [0.5, 0.6) is 5.75 Å². The Morgan fingerprint density at radius 1 is 0.781 bits per heavy atom. The second-order valence-electron chi connectivity index (χ2n) is 10.6. The van der Waals surface area contributed by atoms with Gasteiger partial charge in [-0.15, -0.1) is 0 Å². The number of hydrogen-bond acceptors (Lipinski definition) is 1. The zero-order valence-corrected chi connectivity index (χ0v) is 20.9. The molecule has 2 aliphatic carbocycles. The fourth-order valence-corrected chi connectivity index (χ4v) is 6.59. The minimum absolute atomic E-state index is 0.0728. The first-order valence-electron chi connectivity index (χ1n) is 13.6. The van der Waals surface area contributed by atoms with Gasteiger partial charge in [-0.2, -0.15) is 4.39 Å². The van der Waals surface area contributed by atoms with Crippen LogP contribution >= 0.6 is 0 Å². The molecule has 3 heteroatoms. The number of methoxy groups -OCH3 is 1. The molecule has 0 atom stereocenters. The van der Waals surface area contributed by atoms with Crippen molar-refractivity contribution in [2.45, 2.75) is 122 Å². The molecule has 182 valence electrons. The monoisotopic (exact) mass is 448 g/mol. The number of benzene rings is 1. The van der Waals surface area contributed by atoms with Gasteiger partial charge >= 0.3 is 0 Å². The quantitative estimate of drug-likeness (QED) is 0.306. The van der Waals surface area contributed by atoms with Gasteiger partial charge in [0, 0.05) is 0 Å². The fraction of sp³-hybridized carbons (Fsp3) is 0.793. The highest BCUT2D eigenvalue weighted by atomic mass is 19.2. The first kappa shape index (κ1) is 25.5. The highest BCUT2D eigenvalue weighted by Crippen LogP contribution is 2.46. The second kappa shape index (κ2) is 12.9. The maximum Gasteiger partial charge on any atom is 0.200 e. The molecule has 0 amide bonds. The molecule has 0 bridgehead atoms. The summed E-state index contributed by atoms with van der Waals surface area (Å²) in [6, 6.07) is 1.82. The molecule has 1 aromatic rings. The van der Waals surface area contributed by atoms with Gasteiger partial charge in [0.2, 0.25) is 5.82 Å². The minimum Gasteiger partial charge on any atom is -0.494 e. The number of ether oxygens (including phenoxy) is 1. The van der Waals surface area contributed by atoms with E-state index < -0.39 is 11.6 Å². The summed E-state index contributed by atoms with van der Waals surface area (Å²) >= 11 is 0. The summed E-state index contributed by atoms with van der Waals surface area (Å²) in [6.07, 6.45) is 19.3. The standard InChI is InChI=1S/C29H46F2O/c1-4-6-7-8-9-11-25-26(20-27(32-3)29(31)28(25)30)24-18-16-23(17-19-24)22-14-12-21(10-5-2)13-15-22/h20-24H,4-19H2,1-3H3. The van der Waals surface area contributed by atoms with Gasteiger partial charge < -0.3 is 4.74 Å². The molecule has 1 nitrogen and oxygen atoms in total. The molecule has 0 unspecified atom stereocenters. The van der Waals surface area contributed by atoms with Crippen molar-refractivity contribution in [2.24, 2.45) is 17.8 Å². The Bertz CT molecular complexity index is 685. The largest absolute Gasteiger partial charge is 0.494 e. The van der Waals surface area contributed by atoms with Crippen LogP contribution in [-0.4, -0.2) is 7.11 Å². The third-order valence-corrected chi connectivity index (χ3v) is 8.53. The molecular formula is C29H46F2O. The van der Waals surface area contributed by atoms with Crippen molar-refractivity contribution in [1.29, 1.82) is 0 Å². The van der Waals surface area contributed by atoms with Crippen LogP contribution in [-0.2, 0) is 6.42 Å². The lowest BCUT2D eigenvalue weighted by Gasteiger charge is -2.38. The molecule has 0 spiro atoms. The summed E-state index contributed by atoms with van der Waals surface area (Å²) in [5.41, 5.74) is 1.66. The van der Waals surface area contributed by atoms with E-state index in [1.165, 1.54) is 77.7 Å². The number of rotatable bonds is 11. The van der Waals surface area contributed by atoms with Gasteiger partial charge in [0.05, 0.1) is 7.11 Å². The highest BCUT2D eigenvalue weighted by molar-refractivity contribution is 5.41. The van der Waals surface area contributed by atoms with E-state index in [9.17, 15) is 4.39 Å². The van der Waals surface area contributed by atoms with E-state index >= 15 is 4.39 Å². The van der Waals surface area contributed by atoms with Gasteiger partial charge in [-0.1, -0.05) is 65.2 Å². The third kappa shape index (κ3) is 6.48. The summed E-state index contributed by atoms with van der Waals surface area (Å²) in [4.78, 5) is 0. The Balaban J connectivity index is 1.63. The van der Waals surface area contributed by atoms with Crippen molar-refractivity contribution >= 4 is 0 Å². The van der Waals surface area contributed by atoms with E-state index in [2.05, 4.69) is 13.8 Å². The van der Waals surface area contributed by atoms with Gasteiger partial charge in [0.1, 0.15) is 0 Å². The lowest BCUT2D eigenvalue weighted by Crippen LogP contribution is -2.25. The molecule has 2 aliphatic rings. The van der Waals surface area contributed by atoms with Crippen LogP contribution < -0.4 is 4.74 Å². The maximum absolute atomic E-state index is 15.1. The Morgan fingerprint density at radius 3 is 2.00 bits per heavy atom. The Hall–Kier alpha value is -1.12. The summed E-state index contributed by atoms with van der Waals surface area (Å²) in [6.45, 7) is 4.50. The third-order valence-electron chi connectivity index (χ3n) is 8.53.